The van der Waals surface area contributed by atoms with Gasteiger partial charge in [-0.3, -0.25) is 9.59 Å². The van der Waals surface area contributed by atoms with E-state index in [4.69, 9.17) is 5.73 Å². The fraction of sp³-hybridized carbons (Fsp3) is 0.231. The van der Waals surface area contributed by atoms with Gasteiger partial charge in [0.05, 0.1) is 0 Å². The summed E-state index contributed by atoms with van der Waals surface area (Å²) in [6.45, 7) is 4.68. The number of hydrogen-bond acceptors (Lipinski definition) is 3. The van der Waals surface area contributed by atoms with Crippen LogP contribution in [0.5, 0.6) is 0 Å². The molecule has 0 bridgehead atoms. The molecule has 0 aliphatic heterocycles. The topological polar surface area (TPSA) is 75.4 Å². The minimum absolute atomic E-state index is 0.157. The molecule has 0 radical (unpaired) electrons. The van der Waals surface area contributed by atoms with Gasteiger partial charge in [0.25, 0.3) is 11.8 Å². The monoisotopic (exact) mass is 469 g/mol. The van der Waals surface area contributed by atoms with Crippen LogP contribution < -0.4 is 11.1 Å². The lowest BCUT2D eigenvalue weighted by atomic mass is 9.92. The molecule has 0 fully saturated rings. The maximum Gasteiger partial charge on any atom is 0.255 e. The van der Waals surface area contributed by atoms with Crippen LogP contribution >= 0.6 is 0 Å². The highest BCUT2D eigenvalue weighted by molar-refractivity contribution is 6.04. The first-order valence-corrected chi connectivity index (χ1v) is 10.7. The summed E-state index contributed by atoms with van der Waals surface area (Å²) in [7, 11) is 0. The van der Waals surface area contributed by atoms with Gasteiger partial charge in [-0.05, 0) is 60.0 Å². The predicted molar refractivity (Wildman–Crippen MR) is 125 cm³/mol. The first kappa shape index (κ1) is 25.0. The second kappa shape index (κ2) is 10.5. The van der Waals surface area contributed by atoms with E-state index in [0.717, 1.165) is 12.1 Å². The summed E-state index contributed by atoms with van der Waals surface area (Å²) in [5.74, 6) is -3.25. The van der Waals surface area contributed by atoms with Gasteiger partial charge in [0.1, 0.15) is 17.5 Å². The molecule has 0 spiro atoms. The van der Waals surface area contributed by atoms with E-state index in [1.54, 1.807) is 35.2 Å². The summed E-state index contributed by atoms with van der Waals surface area (Å²) in [5.41, 5.74) is 6.62. The maximum atomic E-state index is 13.7. The molecule has 0 saturated heterocycles. The van der Waals surface area contributed by atoms with Crippen molar-refractivity contribution in [2.75, 3.05) is 18.4 Å². The third-order valence-electron chi connectivity index (χ3n) is 5.21. The molecule has 3 aromatic rings. The van der Waals surface area contributed by atoms with Gasteiger partial charge < -0.3 is 16.0 Å². The van der Waals surface area contributed by atoms with Crippen LogP contribution in [0.25, 0.3) is 0 Å². The van der Waals surface area contributed by atoms with Crippen molar-refractivity contribution < 1.29 is 22.8 Å². The minimum atomic E-state index is -0.854. The molecule has 3 rings (SSSR count). The van der Waals surface area contributed by atoms with Crippen molar-refractivity contribution in [3.8, 4) is 0 Å². The van der Waals surface area contributed by atoms with E-state index in [9.17, 15) is 22.8 Å². The smallest absolute Gasteiger partial charge is 0.255 e. The predicted octanol–water partition coefficient (Wildman–Crippen LogP) is 4.98. The quantitative estimate of drug-likeness (QED) is 0.488. The average molecular weight is 470 g/mol. The molecule has 3 aromatic carbocycles. The first-order valence-electron chi connectivity index (χ1n) is 10.7. The Morgan fingerprint density at radius 2 is 1.53 bits per heavy atom. The van der Waals surface area contributed by atoms with E-state index in [1.165, 1.54) is 18.2 Å². The van der Waals surface area contributed by atoms with Crippen LogP contribution in [0.2, 0.25) is 0 Å². The third kappa shape index (κ3) is 6.68. The Morgan fingerprint density at radius 1 is 0.882 bits per heavy atom. The zero-order chi connectivity index (χ0) is 24.9. The van der Waals surface area contributed by atoms with E-state index in [0.29, 0.717) is 30.4 Å². The zero-order valence-electron chi connectivity index (χ0n) is 18.9. The van der Waals surface area contributed by atoms with Crippen molar-refractivity contribution in [3.63, 3.8) is 0 Å². The van der Waals surface area contributed by atoms with Gasteiger partial charge in [-0.15, -0.1) is 0 Å². The van der Waals surface area contributed by atoms with E-state index in [2.05, 4.69) is 5.32 Å². The van der Waals surface area contributed by atoms with Crippen LogP contribution in [0.15, 0.2) is 66.7 Å². The number of anilines is 1. The van der Waals surface area contributed by atoms with Gasteiger partial charge in [0, 0.05) is 36.0 Å². The summed E-state index contributed by atoms with van der Waals surface area (Å²) in [6, 6.07) is 14.8. The summed E-state index contributed by atoms with van der Waals surface area (Å²) >= 11 is 0. The summed E-state index contributed by atoms with van der Waals surface area (Å²) in [6.07, 6.45) is 0. The van der Waals surface area contributed by atoms with Gasteiger partial charge in [-0.2, -0.15) is 0 Å². The highest BCUT2D eigenvalue weighted by Gasteiger charge is 2.25. The van der Waals surface area contributed by atoms with Crippen LogP contribution in [0.4, 0.5) is 18.9 Å². The highest BCUT2D eigenvalue weighted by Crippen LogP contribution is 2.21. The lowest BCUT2D eigenvalue weighted by Crippen LogP contribution is -2.41. The Morgan fingerprint density at radius 3 is 2.18 bits per heavy atom. The van der Waals surface area contributed by atoms with E-state index < -0.39 is 28.8 Å². The van der Waals surface area contributed by atoms with E-state index >= 15 is 0 Å². The Balaban J connectivity index is 1.83. The number of nitrogens with one attached hydrogen (secondary N) is 1. The third-order valence-corrected chi connectivity index (χ3v) is 5.21. The molecule has 0 heterocycles. The summed E-state index contributed by atoms with van der Waals surface area (Å²) in [4.78, 5) is 27.2. The molecule has 0 aliphatic carbocycles. The van der Waals surface area contributed by atoms with Gasteiger partial charge >= 0.3 is 0 Å². The molecule has 8 heteroatoms. The van der Waals surface area contributed by atoms with Crippen molar-refractivity contribution in [3.05, 3.63) is 101 Å². The molecule has 178 valence electrons. The number of hydrogen-bond donors (Lipinski definition) is 2. The molecular weight excluding hydrogens is 443 g/mol. The molecule has 0 aliphatic rings. The molecule has 34 heavy (non-hydrogen) atoms. The molecule has 0 atom stereocenters. The Bertz CT molecular complexity index is 1180. The normalized spacial score (nSPS) is 11.2. The van der Waals surface area contributed by atoms with Crippen molar-refractivity contribution in [2.24, 2.45) is 11.1 Å². The number of rotatable bonds is 8. The van der Waals surface area contributed by atoms with E-state index in [1.807, 2.05) is 13.8 Å². The Labute approximate surface area is 196 Å². The van der Waals surface area contributed by atoms with Gasteiger partial charge in [-0.25, -0.2) is 13.2 Å². The molecule has 3 N–H and O–H groups in total. The minimum Gasteiger partial charge on any atom is -0.334 e. The number of benzene rings is 3. The average Bonchev–Trinajstić information content (AvgIpc) is 2.77. The SMILES string of the molecule is CC(C)(CN)CN(Cc1cccc(NC(=O)c2cc(F)cc(F)c2)c1)C(=O)c1cccc(F)c1. The Hall–Kier alpha value is -3.65. The summed E-state index contributed by atoms with van der Waals surface area (Å²) < 4.78 is 40.6. The summed E-state index contributed by atoms with van der Waals surface area (Å²) in [5, 5.41) is 2.61. The Kier molecular flexibility index (Phi) is 7.73. The zero-order valence-corrected chi connectivity index (χ0v) is 18.9. The highest BCUT2D eigenvalue weighted by atomic mass is 19.1. The molecule has 2 amide bonds. The van der Waals surface area contributed by atoms with Crippen molar-refractivity contribution >= 4 is 17.5 Å². The largest absolute Gasteiger partial charge is 0.334 e. The van der Waals surface area contributed by atoms with Crippen LogP contribution in [0.1, 0.15) is 40.1 Å². The maximum absolute atomic E-state index is 13.7. The van der Waals surface area contributed by atoms with Gasteiger partial charge in [0.2, 0.25) is 0 Å². The van der Waals surface area contributed by atoms with Crippen molar-refractivity contribution in [1.82, 2.24) is 4.90 Å². The van der Waals surface area contributed by atoms with Crippen LogP contribution in [-0.2, 0) is 6.54 Å². The second-order valence-corrected chi connectivity index (χ2v) is 8.85. The number of nitrogens with zero attached hydrogens (tertiary/aromatic N) is 1. The van der Waals surface area contributed by atoms with Crippen molar-refractivity contribution in [1.29, 1.82) is 0 Å². The van der Waals surface area contributed by atoms with E-state index in [-0.39, 0.29) is 23.6 Å². The van der Waals surface area contributed by atoms with Crippen LogP contribution in [-0.4, -0.2) is 29.8 Å². The van der Waals surface area contributed by atoms with Crippen molar-refractivity contribution in [2.45, 2.75) is 20.4 Å². The number of carbonyl (C=O) groups excluding carboxylic acids is 2. The van der Waals surface area contributed by atoms with Crippen LogP contribution in [0, 0.1) is 22.9 Å². The first-order chi connectivity index (χ1) is 16.1. The number of carbonyl (C=O) groups is 2. The fourth-order valence-electron chi connectivity index (χ4n) is 3.44. The molecule has 0 aromatic heterocycles. The molecule has 0 unspecified atom stereocenters. The lowest BCUT2D eigenvalue weighted by Gasteiger charge is -2.32. The number of nitrogens with two attached hydrogens (primary N) is 1. The van der Waals surface area contributed by atoms with Gasteiger partial charge in [-0.1, -0.05) is 32.0 Å². The standard InChI is InChI=1S/C26H26F3N3O2/c1-26(2,15-30)16-32(25(34)18-6-4-7-20(27)10-18)14-17-5-3-8-23(9-17)31-24(33)19-11-21(28)13-22(29)12-19/h3-13H,14-16,30H2,1-2H3,(H,31,33). The molecule has 5 nitrogen and oxygen atoms in total. The molecular formula is C26H26F3N3O2. The fourth-order valence-corrected chi connectivity index (χ4v) is 3.44. The number of amides is 2. The van der Waals surface area contributed by atoms with Crippen LogP contribution in [0.3, 0.4) is 0 Å². The lowest BCUT2D eigenvalue weighted by molar-refractivity contribution is 0.0672. The van der Waals surface area contributed by atoms with Gasteiger partial charge in [0.15, 0.2) is 0 Å². The number of halogens is 3. The second-order valence-electron chi connectivity index (χ2n) is 8.85. The molecule has 0 saturated carbocycles.